The Balaban J connectivity index is 1.63. The van der Waals surface area contributed by atoms with Crippen molar-refractivity contribution >= 4 is 22.8 Å². The van der Waals surface area contributed by atoms with Gasteiger partial charge in [0.1, 0.15) is 17.8 Å². The maximum Gasteiger partial charge on any atom is 0.269 e. The van der Waals surface area contributed by atoms with Crippen LogP contribution in [0.5, 0.6) is 0 Å². The molecule has 0 aromatic carbocycles. The molecule has 2 saturated heterocycles. The predicted molar refractivity (Wildman–Crippen MR) is 87.7 cm³/mol. The van der Waals surface area contributed by atoms with Crippen LogP contribution in [-0.2, 0) is 4.79 Å². The SMILES string of the molecule is C/C=C(\N)C(=O)N1C2CCC1CN(c1ncnc3[nH]ccc13)C2. The minimum Gasteiger partial charge on any atom is -0.395 e. The number of fused-ring (bicyclic) bond motifs is 3. The third kappa shape index (κ3) is 2.15. The molecule has 2 aromatic rings. The van der Waals surface area contributed by atoms with E-state index in [0.29, 0.717) is 5.70 Å². The van der Waals surface area contributed by atoms with Gasteiger partial charge in [-0.25, -0.2) is 9.97 Å². The number of aromatic nitrogens is 3. The highest BCUT2D eigenvalue weighted by Crippen LogP contribution is 2.34. The summed E-state index contributed by atoms with van der Waals surface area (Å²) in [4.78, 5) is 28.6. The molecule has 3 N–H and O–H groups in total. The minimum atomic E-state index is -0.0332. The number of nitrogens with one attached hydrogen (secondary N) is 1. The van der Waals surface area contributed by atoms with Crippen LogP contribution in [0.1, 0.15) is 19.8 Å². The fourth-order valence-electron chi connectivity index (χ4n) is 3.79. The second-order valence-electron chi connectivity index (χ2n) is 6.18. The molecule has 2 unspecified atom stereocenters. The Kier molecular flexibility index (Phi) is 3.21. The fourth-order valence-corrected chi connectivity index (χ4v) is 3.79. The molecular formula is C16H20N6O. The van der Waals surface area contributed by atoms with E-state index in [-0.39, 0.29) is 18.0 Å². The number of rotatable bonds is 2. The second-order valence-corrected chi connectivity index (χ2v) is 6.18. The van der Waals surface area contributed by atoms with Gasteiger partial charge in [0, 0.05) is 19.3 Å². The summed E-state index contributed by atoms with van der Waals surface area (Å²) < 4.78 is 0. The summed E-state index contributed by atoms with van der Waals surface area (Å²) in [7, 11) is 0. The molecule has 7 nitrogen and oxygen atoms in total. The lowest BCUT2D eigenvalue weighted by Crippen LogP contribution is -2.57. The first-order chi connectivity index (χ1) is 11.2. The molecule has 1 amide bonds. The van der Waals surface area contributed by atoms with E-state index in [1.165, 1.54) is 0 Å². The molecule has 0 radical (unpaired) electrons. The number of piperazine rings is 1. The van der Waals surface area contributed by atoms with E-state index in [2.05, 4.69) is 19.9 Å². The van der Waals surface area contributed by atoms with Gasteiger partial charge in [-0.1, -0.05) is 6.08 Å². The topological polar surface area (TPSA) is 91.1 Å². The maximum atomic E-state index is 12.5. The Morgan fingerprint density at radius 3 is 2.78 bits per heavy atom. The van der Waals surface area contributed by atoms with Gasteiger partial charge in [0.2, 0.25) is 0 Å². The third-order valence-electron chi connectivity index (χ3n) is 4.91. The molecule has 2 aliphatic rings. The first kappa shape index (κ1) is 14.0. The molecule has 2 aliphatic heterocycles. The number of carbonyl (C=O) groups is 1. The highest BCUT2D eigenvalue weighted by Gasteiger charge is 2.43. The van der Waals surface area contributed by atoms with Crippen molar-refractivity contribution in [1.82, 2.24) is 19.9 Å². The van der Waals surface area contributed by atoms with Crippen LogP contribution in [0.2, 0.25) is 0 Å². The van der Waals surface area contributed by atoms with Crippen molar-refractivity contribution in [1.29, 1.82) is 0 Å². The lowest BCUT2D eigenvalue weighted by molar-refractivity contribution is -0.130. The van der Waals surface area contributed by atoms with Crippen molar-refractivity contribution in [2.24, 2.45) is 5.73 Å². The van der Waals surface area contributed by atoms with E-state index in [9.17, 15) is 4.79 Å². The highest BCUT2D eigenvalue weighted by atomic mass is 16.2. The van der Waals surface area contributed by atoms with Crippen molar-refractivity contribution < 1.29 is 4.79 Å². The summed E-state index contributed by atoms with van der Waals surface area (Å²) in [5.41, 5.74) is 7.02. The average molecular weight is 312 g/mol. The number of amides is 1. The number of hydrogen-bond donors (Lipinski definition) is 2. The minimum absolute atomic E-state index is 0.0332. The Labute approximate surface area is 134 Å². The van der Waals surface area contributed by atoms with Crippen LogP contribution in [0, 0.1) is 0 Å². The Hall–Kier alpha value is -2.57. The number of anilines is 1. The molecule has 4 heterocycles. The number of nitrogens with two attached hydrogens (primary N) is 1. The van der Waals surface area contributed by atoms with Crippen LogP contribution < -0.4 is 10.6 Å². The van der Waals surface area contributed by atoms with Crippen molar-refractivity contribution in [2.45, 2.75) is 31.8 Å². The van der Waals surface area contributed by atoms with Gasteiger partial charge in [-0.15, -0.1) is 0 Å². The van der Waals surface area contributed by atoms with Crippen LogP contribution in [0.25, 0.3) is 11.0 Å². The van der Waals surface area contributed by atoms with Gasteiger partial charge >= 0.3 is 0 Å². The molecule has 2 atom stereocenters. The highest BCUT2D eigenvalue weighted by molar-refractivity contribution is 5.93. The zero-order chi connectivity index (χ0) is 16.0. The zero-order valence-corrected chi connectivity index (χ0v) is 13.1. The average Bonchev–Trinajstić information content (AvgIpc) is 3.15. The van der Waals surface area contributed by atoms with Crippen LogP contribution in [0.3, 0.4) is 0 Å². The molecule has 0 aliphatic carbocycles. The first-order valence-electron chi connectivity index (χ1n) is 7.96. The van der Waals surface area contributed by atoms with Crippen LogP contribution in [0.15, 0.2) is 30.4 Å². The monoisotopic (exact) mass is 312 g/mol. The molecule has 2 bridgehead atoms. The molecule has 2 aromatic heterocycles. The number of carbonyl (C=O) groups excluding carboxylic acids is 1. The van der Waals surface area contributed by atoms with Crippen LogP contribution in [0.4, 0.5) is 5.82 Å². The Morgan fingerprint density at radius 2 is 2.09 bits per heavy atom. The standard InChI is InChI=1S/C16H20N6O/c1-2-13(17)16(23)22-10-3-4-11(22)8-21(7-10)15-12-5-6-18-14(12)19-9-20-15/h2,5-6,9-11H,3-4,7-8,17H2,1H3,(H,18,19,20)/b13-2-. The summed E-state index contributed by atoms with van der Waals surface area (Å²) in [6.07, 6.45) is 7.19. The molecule has 120 valence electrons. The van der Waals surface area contributed by atoms with Gasteiger partial charge in [-0.05, 0) is 25.8 Å². The normalized spacial score (nSPS) is 24.5. The van der Waals surface area contributed by atoms with Crippen molar-refractivity contribution in [3.05, 3.63) is 30.4 Å². The maximum absolute atomic E-state index is 12.5. The number of nitrogens with zero attached hydrogens (tertiary/aromatic N) is 4. The van der Waals surface area contributed by atoms with E-state index >= 15 is 0 Å². The van der Waals surface area contributed by atoms with E-state index in [1.54, 1.807) is 19.3 Å². The second kappa shape index (κ2) is 5.26. The van der Waals surface area contributed by atoms with Gasteiger partial charge in [0.15, 0.2) is 0 Å². The fraction of sp³-hybridized carbons (Fsp3) is 0.438. The Bertz CT molecular complexity index is 768. The lowest BCUT2D eigenvalue weighted by Gasteiger charge is -2.41. The largest absolute Gasteiger partial charge is 0.395 e. The smallest absolute Gasteiger partial charge is 0.269 e. The molecule has 7 heteroatoms. The predicted octanol–water partition coefficient (Wildman–Crippen LogP) is 1.000. The van der Waals surface area contributed by atoms with Crippen molar-refractivity contribution in [3.63, 3.8) is 0 Å². The van der Waals surface area contributed by atoms with Gasteiger partial charge in [0.25, 0.3) is 5.91 Å². The first-order valence-corrected chi connectivity index (χ1v) is 7.96. The molecule has 0 spiro atoms. The molecular weight excluding hydrogens is 292 g/mol. The lowest BCUT2D eigenvalue weighted by atomic mass is 10.1. The third-order valence-corrected chi connectivity index (χ3v) is 4.91. The van der Waals surface area contributed by atoms with E-state index < -0.39 is 0 Å². The summed E-state index contributed by atoms with van der Waals surface area (Å²) >= 11 is 0. The van der Waals surface area contributed by atoms with Crippen LogP contribution in [-0.4, -0.2) is 50.9 Å². The van der Waals surface area contributed by atoms with Gasteiger partial charge in [-0.3, -0.25) is 4.79 Å². The van der Waals surface area contributed by atoms with Gasteiger partial charge in [-0.2, -0.15) is 0 Å². The number of H-pyrrole nitrogens is 1. The molecule has 0 saturated carbocycles. The van der Waals surface area contributed by atoms with Gasteiger partial charge in [0.05, 0.1) is 23.2 Å². The summed E-state index contributed by atoms with van der Waals surface area (Å²) in [5, 5.41) is 1.03. The number of aromatic amines is 1. The van der Waals surface area contributed by atoms with Crippen LogP contribution >= 0.6 is 0 Å². The van der Waals surface area contributed by atoms with Crippen molar-refractivity contribution in [2.75, 3.05) is 18.0 Å². The molecule has 4 rings (SSSR count). The summed E-state index contributed by atoms with van der Waals surface area (Å²) in [6.45, 7) is 3.38. The Morgan fingerprint density at radius 1 is 1.35 bits per heavy atom. The summed E-state index contributed by atoms with van der Waals surface area (Å²) in [6, 6.07) is 2.40. The number of allylic oxidation sites excluding steroid dienone is 1. The van der Waals surface area contributed by atoms with Gasteiger partial charge < -0.3 is 20.5 Å². The quantitative estimate of drug-likeness (QED) is 0.807. The number of hydrogen-bond acceptors (Lipinski definition) is 5. The van der Waals surface area contributed by atoms with E-state index in [1.807, 2.05) is 17.2 Å². The molecule has 23 heavy (non-hydrogen) atoms. The van der Waals surface area contributed by atoms with Crippen molar-refractivity contribution in [3.8, 4) is 0 Å². The summed E-state index contributed by atoms with van der Waals surface area (Å²) in [5.74, 6) is 0.911. The van der Waals surface area contributed by atoms with E-state index in [0.717, 1.165) is 42.8 Å². The van der Waals surface area contributed by atoms with E-state index in [4.69, 9.17) is 5.73 Å². The zero-order valence-electron chi connectivity index (χ0n) is 13.1. The molecule has 2 fully saturated rings.